The van der Waals surface area contributed by atoms with Gasteiger partial charge in [0.1, 0.15) is 6.10 Å². The number of fused-ring (bicyclic) bond motifs is 7. The summed E-state index contributed by atoms with van der Waals surface area (Å²) in [5.41, 5.74) is 1.43. The van der Waals surface area contributed by atoms with Gasteiger partial charge in [0.2, 0.25) is 5.91 Å². The van der Waals surface area contributed by atoms with Gasteiger partial charge in [-0.2, -0.15) is 0 Å². The zero-order chi connectivity index (χ0) is 36.5. The summed E-state index contributed by atoms with van der Waals surface area (Å²) in [5, 5.41) is 9.58. The highest BCUT2D eigenvalue weighted by molar-refractivity contribution is 6.00. The lowest BCUT2D eigenvalue weighted by Crippen LogP contribution is -2.63. The maximum atomic E-state index is 13.9. The van der Waals surface area contributed by atoms with Crippen LogP contribution in [0, 0.1) is 62.6 Å². The molecule has 8 unspecified atom stereocenters. The van der Waals surface area contributed by atoms with Crippen LogP contribution in [-0.2, 0) is 23.9 Å². The first-order valence-corrected chi connectivity index (χ1v) is 19.6. The predicted molar refractivity (Wildman–Crippen MR) is 192 cm³/mol. The van der Waals surface area contributed by atoms with Crippen LogP contribution in [0.1, 0.15) is 146 Å². The maximum absolute atomic E-state index is 13.9. The lowest BCUT2D eigenvalue weighted by atomic mass is 9.36. The number of carbonyl (C=O) groups excluding carboxylic acids is 3. The van der Waals surface area contributed by atoms with Crippen LogP contribution in [0.5, 0.6) is 0 Å². The number of hydrogen-bond acceptors (Lipinski definition) is 5. The van der Waals surface area contributed by atoms with E-state index in [1.165, 1.54) is 5.57 Å². The Hall–Kier alpha value is -2.18. The third kappa shape index (κ3) is 6.45. The van der Waals surface area contributed by atoms with Crippen molar-refractivity contribution in [2.24, 2.45) is 62.6 Å². The summed E-state index contributed by atoms with van der Waals surface area (Å²) < 4.78 is 6.14. The van der Waals surface area contributed by atoms with E-state index >= 15 is 0 Å². The average molecular weight is 682 g/mol. The minimum absolute atomic E-state index is 0.117. The number of carboxylic acid groups (broad SMARTS) is 1. The molecule has 0 heterocycles. The minimum Gasteiger partial charge on any atom is -0.481 e. The molecule has 0 bridgehead atoms. The SMILES string of the molecule is CC(C)CC(=O)N(C)CCC12CCC3C(CCC4C3(C)CCC3C(C)(C)C(OC(=O)CC(C)(C)C(=O)O)CCC34C)C1=C(C(C)C)C(=O)C2. The topological polar surface area (TPSA) is 101 Å². The Balaban J connectivity index is 1.39. The number of Topliss-reactive ketones (excluding diaryl/α,β-unsaturated/α-hetero) is 1. The third-order valence-corrected chi connectivity index (χ3v) is 15.0. The Morgan fingerprint density at radius 1 is 0.918 bits per heavy atom. The first-order valence-electron chi connectivity index (χ1n) is 19.6. The fraction of sp³-hybridized carbons (Fsp3) is 0.857. The van der Waals surface area contributed by atoms with Gasteiger partial charge in [0.05, 0.1) is 11.8 Å². The first-order chi connectivity index (χ1) is 22.6. The second-order valence-corrected chi connectivity index (χ2v) is 19.7. The quantitative estimate of drug-likeness (QED) is 0.231. The molecule has 5 aliphatic rings. The van der Waals surface area contributed by atoms with Gasteiger partial charge < -0.3 is 14.7 Å². The van der Waals surface area contributed by atoms with Gasteiger partial charge in [-0.15, -0.1) is 0 Å². The number of ether oxygens (including phenoxy) is 1. The van der Waals surface area contributed by atoms with Crippen molar-refractivity contribution in [3.63, 3.8) is 0 Å². The van der Waals surface area contributed by atoms with Crippen LogP contribution in [0.4, 0.5) is 0 Å². The van der Waals surface area contributed by atoms with E-state index < -0.39 is 17.4 Å². The molecule has 5 rings (SSSR count). The largest absolute Gasteiger partial charge is 0.481 e. The molecule has 7 heteroatoms. The van der Waals surface area contributed by atoms with E-state index in [4.69, 9.17) is 4.74 Å². The van der Waals surface area contributed by atoms with Crippen LogP contribution >= 0.6 is 0 Å². The van der Waals surface area contributed by atoms with Crippen LogP contribution in [0.2, 0.25) is 0 Å². The standard InChI is InChI=1S/C42H67NO6/c1-25(2)22-33(45)43(11)21-20-42-19-14-28-27(36(42)35(26(3)4)29(44)23-42)12-13-31-40(28,9)17-15-30-39(7,8)32(16-18-41(30,31)10)49-34(46)24-38(5,6)37(47)48/h25-28,30-32H,12-24H2,1-11H3,(H,47,48). The molecule has 8 atom stereocenters. The van der Waals surface area contributed by atoms with Gasteiger partial charge in [0, 0.05) is 37.3 Å². The van der Waals surface area contributed by atoms with E-state index in [0.29, 0.717) is 54.8 Å². The van der Waals surface area contributed by atoms with Gasteiger partial charge in [-0.3, -0.25) is 19.2 Å². The fourth-order valence-electron chi connectivity index (χ4n) is 12.6. The summed E-state index contributed by atoms with van der Waals surface area (Å²) in [6, 6.07) is 0. The molecule has 5 aliphatic carbocycles. The predicted octanol–water partition coefficient (Wildman–Crippen LogP) is 8.88. The molecule has 276 valence electrons. The molecule has 49 heavy (non-hydrogen) atoms. The lowest BCUT2D eigenvalue weighted by molar-refractivity contribution is -0.214. The second-order valence-electron chi connectivity index (χ2n) is 19.7. The van der Waals surface area contributed by atoms with Crippen molar-refractivity contribution in [1.82, 2.24) is 4.90 Å². The summed E-state index contributed by atoms with van der Waals surface area (Å²) in [4.78, 5) is 53.4. The molecule has 0 spiro atoms. The normalized spacial score (nSPS) is 36.9. The molecule has 0 radical (unpaired) electrons. The van der Waals surface area contributed by atoms with Crippen LogP contribution in [0.15, 0.2) is 11.1 Å². The van der Waals surface area contributed by atoms with E-state index in [1.807, 2.05) is 11.9 Å². The molecule has 4 fully saturated rings. The monoisotopic (exact) mass is 681 g/mol. The Labute approximate surface area is 296 Å². The number of carbonyl (C=O) groups is 4. The van der Waals surface area contributed by atoms with Gasteiger partial charge >= 0.3 is 11.9 Å². The molecule has 0 aromatic heterocycles. The van der Waals surface area contributed by atoms with E-state index in [-0.39, 0.29) is 46.0 Å². The zero-order valence-electron chi connectivity index (χ0n) is 32.7. The Morgan fingerprint density at radius 3 is 2.18 bits per heavy atom. The molecule has 7 nitrogen and oxygen atoms in total. The van der Waals surface area contributed by atoms with Crippen molar-refractivity contribution in [2.45, 2.75) is 152 Å². The number of ketones is 1. The van der Waals surface area contributed by atoms with Gasteiger partial charge in [-0.1, -0.05) is 61.0 Å². The van der Waals surface area contributed by atoms with E-state index in [1.54, 1.807) is 13.8 Å². The lowest BCUT2D eigenvalue weighted by Gasteiger charge is -2.69. The van der Waals surface area contributed by atoms with Gasteiger partial charge in [0.25, 0.3) is 0 Å². The van der Waals surface area contributed by atoms with Gasteiger partial charge in [0.15, 0.2) is 5.78 Å². The smallest absolute Gasteiger partial charge is 0.309 e. The van der Waals surface area contributed by atoms with Crippen molar-refractivity contribution in [3.8, 4) is 0 Å². The highest BCUT2D eigenvalue weighted by Gasteiger charge is 2.66. The molecule has 0 aromatic carbocycles. The van der Waals surface area contributed by atoms with Crippen molar-refractivity contribution < 1.29 is 29.0 Å². The van der Waals surface area contributed by atoms with Gasteiger partial charge in [-0.25, -0.2) is 0 Å². The number of carboxylic acids is 1. The Morgan fingerprint density at radius 2 is 1.57 bits per heavy atom. The molecule has 0 aliphatic heterocycles. The summed E-state index contributed by atoms with van der Waals surface area (Å²) >= 11 is 0. The number of allylic oxidation sites excluding steroid dienone is 2. The number of amides is 1. The van der Waals surface area contributed by atoms with E-state index in [2.05, 4.69) is 55.4 Å². The minimum atomic E-state index is -1.15. The summed E-state index contributed by atoms with van der Waals surface area (Å²) in [6.07, 6.45) is 10.2. The maximum Gasteiger partial charge on any atom is 0.309 e. The number of esters is 1. The number of rotatable bonds is 10. The van der Waals surface area contributed by atoms with Crippen molar-refractivity contribution in [3.05, 3.63) is 11.1 Å². The number of hydrogen-bond donors (Lipinski definition) is 1. The molecule has 1 N–H and O–H groups in total. The summed E-state index contributed by atoms with van der Waals surface area (Å²) in [5.74, 6) is 1.66. The molecule has 0 aromatic rings. The molecule has 0 saturated heterocycles. The fourth-order valence-corrected chi connectivity index (χ4v) is 12.6. The Kier molecular flexibility index (Phi) is 10.2. The third-order valence-electron chi connectivity index (χ3n) is 15.0. The molecular formula is C42H67NO6. The summed E-state index contributed by atoms with van der Waals surface area (Å²) in [7, 11) is 1.94. The number of nitrogens with zero attached hydrogens (tertiary/aromatic N) is 1. The highest BCUT2D eigenvalue weighted by atomic mass is 16.5. The number of aliphatic carboxylic acids is 1. The first kappa shape index (κ1) is 38.1. The second kappa shape index (κ2) is 13.1. The van der Waals surface area contributed by atoms with Crippen LogP contribution in [-0.4, -0.2) is 53.3 Å². The van der Waals surface area contributed by atoms with Crippen LogP contribution in [0.3, 0.4) is 0 Å². The Bertz CT molecular complexity index is 1370. The van der Waals surface area contributed by atoms with Crippen molar-refractivity contribution in [1.29, 1.82) is 0 Å². The van der Waals surface area contributed by atoms with E-state index in [0.717, 1.165) is 63.4 Å². The highest BCUT2D eigenvalue weighted by Crippen LogP contribution is 2.73. The van der Waals surface area contributed by atoms with Crippen LogP contribution in [0.25, 0.3) is 0 Å². The van der Waals surface area contributed by atoms with Crippen molar-refractivity contribution >= 4 is 23.6 Å². The molecule has 4 saturated carbocycles. The molecular weight excluding hydrogens is 614 g/mol. The van der Waals surface area contributed by atoms with Gasteiger partial charge in [-0.05, 0) is 124 Å². The summed E-state index contributed by atoms with van der Waals surface area (Å²) in [6.45, 7) is 22.1. The molecule has 1 amide bonds. The zero-order valence-corrected chi connectivity index (χ0v) is 32.7. The average Bonchev–Trinajstić information content (AvgIpc) is 3.29. The van der Waals surface area contributed by atoms with Crippen LogP contribution < -0.4 is 0 Å². The van der Waals surface area contributed by atoms with E-state index in [9.17, 15) is 24.3 Å². The van der Waals surface area contributed by atoms with Crippen molar-refractivity contribution in [2.75, 3.05) is 13.6 Å².